The molecule has 3 heteroatoms. The predicted molar refractivity (Wildman–Crippen MR) is 78.2 cm³/mol. The second-order valence-corrected chi connectivity index (χ2v) is 5.59. The lowest BCUT2D eigenvalue weighted by Gasteiger charge is -2.17. The van der Waals surface area contributed by atoms with E-state index < -0.39 is 0 Å². The van der Waals surface area contributed by atoms with Crippen LogP contribution in [-0.2, 0) is 12.8 Å². The molecule has 0 aliphatic carbocycles. The molecule has 0 amide bonds. The topological polar surface area (TPSA) is 24.9 Å². The lowest BCUT2D eigenvalue weighted by molar-refractivity contribution is 0.524. The molecular formula is C15H20N2S. The fraction of sp³-hybridized carbons (Fsp3) is 0.400. The minimum Gasteiger partial charge on any atom is -0.314 e. The van der Waals surface area contributed by atoms with Gasteiger partial charge in [0.05, 0.1) is 5.51 Å². The van der Waals surface area contributed by atoms with E-state index in [1.165, 1.54) is 16.0 Å². The zero-order chi connectivity index (χ0) is 12.8. The molecule has 0 bridgehead atoms. The molecule has 1 aromatic carbocycles. The van der Waals surface area contributed by atoms with Crippen LogP contribution in [-0.4, -0.2) is 17.6 Å². The fourth-order valence-corrected chi connectivity index (χ4v) is 2.78. The van der Waals surface area contributed by atoms with Crippen LogP contribution in [0.3, 0.4) is 0 Å². The Morgan fingerprint density at radius 3 is 2.61 bits per heavy atom. The lowest BCUT2D eigenvalue weighted by atomic mass is 10.0. The second-order valence-electron chi connectivity index (χ2n) is 4.62. The summed E-state index contributed by atoms with van der Waals surface area (Å²) in [5, 5.41) is 3.56. The Morgan fingerprint density at radius 2 is 2.00 bits per heavy atom. The van der Waals surface area contributed by atoms with E-state index >= 15 is 0 Å². The van der Waals surface area contributed by atoms with Gasteiger partial charge in [-0.15, -0.1) is 11.3 Å². The van der Waals surface area contributed by atoms with Gasteiger partial charge in [-0.3, -0.25) is 4.98 Å². The number of hydrogen-bond donors (Lipinski definition) is 1. The van der Waals surface area contributed by atoms with Gasteiger partial charge in [0.2, 0.25) is 0 Å². The Labute approximate surface area is 113 Å². The van der Waals surface area contributed by atoms with Crippen molar-refractivity contribution in [2.45, 2.75) is 32.7 Å². The molecule has 1 unspecified atom stereocenters. The number of hydrogen-bond acceptors (Lipinski definition) is 3. The number of nitrogens with one attached hydrogen (secondary N) is 1. The van der Waals surface area contributed by atoms with Crippen molar-refractivity contribution in [2.24, 2.45) is 0 Å². The van der Waals surface area contributed by atoms with Gasteiger partial charge in [0.1, 0.15) is 0 Å². The highest BCUT2D eigenvalue weighted by Crippen LogP contribution is 2.13. The third-order valence-corrected chi connectivity index (χ3v) is 3.83. The molecule has 0 spiro atoms. The highest BCUT2D eigenvalue weighted by molar-refractivity contribution is 7.09. The Hall–Kier alpha value is -1.19. The summed E-state index contributed by atoms with van der Waals surface area (Å²) in [5.74, 6) is 0. The number of rotatable bonds is 6. The molecule has 0 aliphatic heterocycles. The van der Waals surface area contributed by atoms with Gasteiger partial charge in [-0.2, -0.15) is 0 Å². The summed E-state index contributed by atoms with van der Waals surface area (Å²) >= 11 is 1.74. The monoisotopic (exact) mass is 260 g/mol. The normalized spacial score (nSPS) is 12.6. The van der Waals surface area contributed by atoms with Crippen LogP contribution < -0.4 is 5.32 Å². The summed E-state index contributed by atoms with van der Waals surface area (Å²) in [6.45, 7) is 5.30. The molecule has 0 saturated carbocycles. The number of aromatic nitrogens is 1. The van der Waals surface area contributed by atoms with Gasteiger partial charge >= 0.3 is 0 Å². The Bertz CT molecular complexity index is 448. The Balaban J connectivity index is 1.99. The second kappa shape index (κ2) is 6.66. The zero-order valence-electron chi connectivity index (χ0n) is 11.0. The van der Waals surface area contributed by atoms with E-state index in [-0.39, 0.29) is 0 Å². The molecule has 96 valence electrons. The van der Waals surface area contributed by atoms with Crippen molar-refractivity contribution in [1.29, 1.82) is 0 Å². The van der Waals surface area contributed by atoms with E-state index in [1.807, 2.05) is 11.7 Å². The molecule has 1 aromatic heterocycles. The van der Waals surface area contributed by atoms with E-state index in [2.05, 4.69) is 48.4 Å². The molecule has 1 atom stereocenters. The van der Waals surface area contributed by atoms with Gasteiger partial charge in [0.15, 0.2) is 0 Å². The van der Waals surface area contributed by atoms with E-state index in [0.717, 1.165) is 19.4 Å². The number of likely N-dealkylation sites (N-methyl/N-ethyl adjacent to an activating group) is 1. The van der Waals surface area contributed by atoms with Crippen LogP contribution in [0.2, 0.25) is 0 Å². The van der Waals surface area contributed by atoms with Crippen LogP contribution in [0, 0.1) is 6.92 Å². The first-order valence-electron chi connectivity index (χ1n) is 6.44. The van der Waals surface area contributed by atoms with E-state index in [0.29, 0.717) is 6.04 Å². The molecule has 0 fully saturated rings. The van der Waals surface area contributed by atoms with E-state index in [4.69, 9.17) is 0 Å². The predicted octanol–water partition coefficient (Wildman–Crippen LogP) is 3.21. The largest absolute Gasteiger partial charge is 0.314 e. The van der Waals surface area contributed by atoms with Gasteiger partial charge in [0, 0.05) is 17.1 Å². The van der Waals surface area contributed by atoms with Gasteiger partial charge in [-0.05, 0) is 31.9 Å². The van der Waals surface area contributed by atoms with Crippen molar-refractivity contribution >= 4 is 11.3 Å². The number of thiazole rings is 1. The number of benzene rings is 1. The third-order valence-electron chi connectivity index (χ3n) is 3.03. The van der Waals surface area contributed by atoms with Crippen LogP contribution in [0.15, 0.2) is 36.0 Å². The fourth-order valence-electron chi connectivity index (χ4n) is 2.10. The molecule has 18 heavy (non-hydrogen) atoms. The molecule has 2 rings (SSSR count). The summed E-state index contributed by atoms with van der Waals surface area (Å²) in [6, 6.07) is 9.33. The molecule has 2 aromatic rings. The first-order valence-corrected chi connectivity index (χ1v) is 7.32. The summed E-state index contributed by atoms with van der Waals surface area (Å²) in [6.07, 6.45) is 4.11. The highest BCUT2D eigenvalue weighted by atomic mass is 32.1. The molecule has 0 radical (unpaired) electrons. The smallest absolute Gasteiger partial charge is 0.0794 e. The molecule has 1 heterocycles. The maximum absolute atomic E-state index is 4.14. The van der Waals surface area contributed by atoms with Crippen molar-refractivity contribution in [1.82, 2.24) is 10.3 Å². The number of aryl methyl sites for hydroxylation is 1. The number of nitrogens with zero attached hydrogens (tertiary/aromatic N) is 1. The molecule has 1 N–H and O–H groups in total. The maximum Gasteiger partial charge on any atom is 0.0794 e. The summed E-state index contributed by atoms with van der Waals surface area (Å²) in [7, 11) is 0. The van der Waals surface area contributed by atoms with Crippen molar-refractivity contribution < 1.29 is 0 Å². The summed E-state index contributed by atoms with van der Waals surface area (Å²) in [5.41, 5.74) is 4.63. The van der Waals surface area contributed by atoms with E-state index in [9.17, 15) is 0 Å². The quantitative estimate of drug-likeness (QED) is 0.862. The van der Waals surface area contributed by atoms with Crippen LogP contribution in [0.4, 0.5) is 0 Å². The van der Waals surface area contributed by atoms with Gasteiger partial charge in [-0.25, -0.2) is 0 Å². The van der Waals surface area contributed by atoms with Crippen LogP contribution in [0.1, 0.15) is 22.9 Å². The van der Waals surface area contributed by atoms with Crippen LogP contribution >= 0.6 is 11.3 Å². The summed E-state index contributed by atoms with van der Waals surface area (Å²) < 4.78 is 0. The zero-order valence-corrected chi connectivity index (χ0v) is 11.8. The lowest BCUT2D eigenvalue weighted by Crippen LogP contribution is -2.32. The SMILES string of the molecule is CCNC(Cc1ccc(C)cc1)Cc1cncs1. The van der Waals surface area contributed by atoms with Crippen molar-refractivity contribution in [3.63, 3.8) is 0 Å². The molecule has 0 saturated heterocycles. The van der Waals surface area contributed by atoms with Gasteiger partial charge in [0.25, 0.3) is 0 Å². The summed E-state index contributed by atoms with van der Waals surface area (Å²) in [4.78, 5) is 5.50. The molecular weight excluding hydrogens is 240 g/mol. The molecule has 0 aliphatic rings. The molecule has 2 nitrogen and oxygen atoms in total. The first kappa shape index (κ1) is 13.2. The Kier molecular flexibility index (Phi) is 4.90. The standard InChI is InChI=1S/C15H20N2S/c1-3-17-14(9-15-10-16-11-18-15)8-13-6-4-12(2)5-7-13/h4-7,10-11,14,17H,3,8-9H2,1-2H3. The van der Waals surface area contributed by atoms with Crippen LogP contribution in [0.25, 0.3) is 0 Å². The van der Waals surface area contributed by atoms with Gasteiger partial charge in [-0.1, -0.05) is 36.8 Å². The van der Waals surface area contributed by atoms with Crippen molar-refractivity contribution in [2.75, 3.05) is 6.54 Å². The third kappa shape index (κ3) is 3.93. The minimum atomic E-state index is 0.498. The highest BCUT2D eigenvalue weighted by Gasteiger charge is 2.10. The average Bonchev–Trinajstić information content (AvgIpc) is 2.85. The van der Waals surface area contributed by atoms with Crippen LogP contribution in [0.5, 0.6) is 0 Å². The van der Waals surface area contributed by atoms with Gasteiger partial charge < -0.3 is 5.32 Å². The Morgan fingerprint density at radius 1 is 1.22 bits per heavy atom. The average molecular weight is 260 g/mol. The maximum atomic E-state index is 4.14. The first-order chi connectivity index (χ1) is 8.78. The van der Waals surface area contributed by atoms with E-state index in [1.54, 1.807) is 11.3 Å². The minimum absolute atomic E-state index is 0.498. The van der Waals surface area contributed by atoms with Crippen molar-refractivity contribution in [3.8, 4) is 0 Å². The van der Waals surface area contributed by atoms with Crippen molar-refractivity contribution in [3.05, 3.63) is 52.0 Å².